The van der Waals surface area contributed by atoms with Crippen molar-refractivity contribution in [2.45, 2.75) is 76.9 Å². The van der Waals surface area contributed by atoms with E-state index in [2.05, 4.69) is 29.6 Å². The summed E-state index contributed by atoms with van der Waals surface area (Å²) >= 11 is 1.23. The summed E-state index contributed by atoms with van der Waals surface area (Å²) in [7, 11) is 0. The van der Waals surface area contributed by atoms with E-state index in [1.165, 1.54) is 11.8 Å². The summed E-state index contributed by atoms with van der Waals surface area (Å²) in [5.41, 5.74) is 5.67. The molecule has 1 amide bonds. The van der Waals surface area contributed by atoms with Crippen molar-refractivity contribution in [1.82, 2.24) is 5.32 Å². The lowest BCUT2D eigenvalue weighted by Crippen LogP contribution is -2.44. The summed E-state index contributed by atoms with van der Waals surface area (Å²) in [6.07, 6.45) is 2.25. The van der Waals surface area contributed by atoms with E-state index in [4.69, 9.17) is 4.74 Å². The molecule has 0 aliphatic heterocycles. The van der Waals surface area contributed by atoms with Gasteiger partial charge in [0.15, 0.2) is 5.12 Å². The van der Waals surface area contributed by atoms with Gasteiger partial charge in [-0.05, 0) is 58.9 Å². The van der Waals surface area contributed by atoms with Crippen molar-refractivity contribution < 1.29 is 24.5 Å². The molecule has 1 aliphatic carbocycles. The standard InChI is InChI=1S/C38H47NO5S/c1-25(2)21-32(37(42)45-24-27-13-6-5-7-14-27)35(40)19-12-20-36(41)34(22-26(3)4)39-38(43)44-23-33-30-17-10-8-15-28(30)29-16-9-11-18-31(29)33/h5-19,25-26,32-36,40-41H,20-24H2,1-4H3,(H,39,43)/b19-12-/t32-,34-,35-,36-/m0/s1. The molecule has 0 saturated heterocycles. The molecule has 0 saturated carbocycles. The highest BCUT2D eigenvalue weighted by molar-refractivity contribution is 8.13. The van der Waals surface area contributed by atoms with Gasteiger partial charge in [-0.15, -0.1) is 0 Å². The van der Waals surface area contributed by atoms with Gasteiger partial charge in [-0.1, -0.05) is 130 Å². The molecule has 4 rings (SSSR count). The van der Waals surface area contributed by atoms with E-state index in [-0.39, 0.29) is 35.9 Å². The maximum absolute atomic E-state index is 13.1. The Balaban J connectivity index is 1.33. The third-order valence-electron chi connectivity index (χ3n) is 8.21. The molecule has 3 aromatic rings. The number of fused-ring (bicyclic) bond motifs is 3. The van der Waals surface area contributed by atoms with Gasteiger partial charge in [0.2, 0.25) is 0 Å². The number of alkyl carbamates (subject to hydrolysis) is 1. The van der Waals surface area contributed by atoms with Gasteiger partial charge >= 0.3 is 6.09 Å². The third-order valence-corrected chi connectivity index (χ3v) is 9.28. The van der Waals surface area contributed by atoms with Gasteiger partial charge in [-0.3, -0.25) is 4.79 Å². The molecule has 0 fully saturated rings. The number of thioether (sulfide) groups is 1. The number of amides is 1. The van der Waals surface area contributed by atoms with E-state index < -0.39 is 30.3 Å². The van der Waals surface area contributed by atoms with Crippen LogP contribution in [-0.4, -0.2) is 46.3 Å². The molecule has 0 aromatic heterocycles. The van der Waals surface area contributed by atoms with E-state index >= 15 is 0 Å². The number of ether oxygens (including phenoxy) is 1. The molecule has 7 heteroatoms. The Hall–Kier alpha value is -3.39. The molecule has 3 aromatic carbocycles. The minimum Gasteiger partial charge on any atom is -0.449 e. The second-order valence-corrected chi connectivity index (χ2v) is 13.7. The van der Waals surface area contributed by atoms with Crippen molar-refractivity contribution in [3.8, 4) is 11.1 Å². The average molecular weight is 630 g/mol. The normalized spacial score (nSPS) is 15.5. The van der Waals surface area contributed by atoms with Crippen LogP contribution in [0.4, 0.5) is 4.79 Å². The number of aliphatic hydroxyl groups is 2. The molecule has 0 bridgehead atoms. The quantitative estimate of drug-likeness (QED) is 0.149. The maximum Gasteiger partial charge on any atom is 0.407 e. The van der Waals surface area contributed by atoms with Crippen LogP contribution in [0.3, 0.4) is 0 Å². The van der Waals surface area contributed by atoms with Crippen LogP contribution in [-0.2, 0) is 15.3 Å². The van der Waals surface area contributed by atoms with Gasteiger partial charge < -0.3 is 20.3 Å². The summed E-state index contributed by atoms with van der Waals surface area (Å²) in [5, 5.41) is 24.9. The van der Waals surface area contributed by atoms with Crippen molar-refractivity contribution in [1.29, 1.82) is 0 Å². The molecule has 0 spiro atoms. The highest BCUT2D eigenvalue weighted by Gasteiger charge is 2.30. The topological polar surface area (TPSA) is 95.9 Å². The van der Waals surface area contributed by atoms with E-state index in [1.807, 2.05) is 82.3 Å². The Kier molecular flexibility index (Phi) is 12.9. The molecule has 0 radical (unpaired) electrons. The minimum absolute atomic E-state index is 0.0418. The van der Waals surface area contributed by atoms with Crippen molar-refractivity contribution in [3.05, 3.63) is 108 Å². The number of rotatable bonds is 15. The van der Waals surface area contributed by atoms with Gasteiger partial charge in [0.25, 0.3) is 0 Å². The first kappa shape index (κ1) is 34.5. The first-order valence-corrected chi connectivity index (χ1v) is 17.0. The fourth-order valence-electron chi connectivity index (χ4n) is 5.99. The number of carbonyl (C=O) groups excluding carboxylic acids is 2. The Morgan fingerprint density at radius 3 is 2.02 bits per heavy atom. The number of hydrogen-bond donors (Lipinski definition) is 3. The average Bonchev–Trinajstić information content (AvgIpc) is 3.34. The van der Waals surface area contributed by atoms with E-state index in [9.17, 15) is 19.8 Å². The summed E-state index contributed by atoms with van der Waals surface area (Å²) in [5.74, 6) is 0.428. The second kappa shape index (κ2) is 16.8. The van der Waals surface area contributed by atoms with E-state index in [0.29, 0.717) is 18.6 Å². The molecule has 240 valence electrons. The molecule has 4 atom stereocenters. The first-order chi connectivity index (χ1) is 21.6. The SMILES string of the molecule is CC(C)C[C@H](NC(=O)OCC1c2ccccc2-c2ccccc21)[C@@H](O)C/C=C\[C@H](O)[C@H](CC(C)C)C(=O)SCc1ccccc1. The molecule has 1 aliphatic rings. The van der Waals surface area contributed by atoms with Crippen molar-refractivity contribution in [2.75, 3.05) is 6.61 Å². The lowest BCUT2D eigenvalue weighted by molar-refractivity contribution is -0.117. The van der Waals surface area contributed by atoms with Crippen LogP contribution in [0.2, 0.25) is 0 Å². The number of aliphatic hydroxyl groups excluding tert-OH is 2. The molecule has 0 heterocycles. The number of benzene rings is 3. The highest BCUT2D eigenvalue weighted by Crippen LogP contribution is 2.44. The Morgan fingerprint density at radius 1 is 0.844 bits per heavy atom. The van der Waals surface area contributed by atoms with Gasteiger partial charge in [-0.25, -0.2) is 4.79 Å². The zero-order chi connectivity index (χ0) is 32.3. The number of nitrogens with one attached hydrogen (secondary N) is 1. The van der Waals surface area contributed by atoms with Crippen LogP contribution in [0, 0.1) is 17.8 Å². The number of hydrogen-bond acceptors (Lipinski definition) is 6. The van der Waals surface area contributed by atoms with Gasteiger partial charge in [0.1, 0.15) is 6.61 Å². The maximum atomic E-state index is 13.1. The van der Waals surface area contributed by atoms with Crippen LogP contribution in [0.5, 0.6) is 0 Å². The van der Waals surface area contributed by atoms with E-state index in [1.54, 1.807) is 12.2 Å². The van der Waals surface area contributed by atoms with Gasteiger partial charge in [0.05, 0.1) is 24.2 Å². The summed E-state index contributed by atoms with van der Waals surface area (Å²) in [4.78, 5) is 26.1. The lowest BCUT2D eigenvalue weighted by Gasteiger charge is -2.25. The molecule has 0 unspecified atom stereocenters. The van der Waals surface area contributed by atoms with Crippen molar-refractivity contribution in [2.24, 2.45) is 17.8 Å². The van der Waals surface area contributed by atoms with Crippen LogP contribution in [0.1, 0.15) is 69.6 Å². The predicted molar refractivity (Wildman–Crippen MR) is 183 cm³/mol. The summed E-state index contributed by atoms with van der Waals surface area (Å²) < 4.78 is 5.74. The Labute approximate surface area is 272 Å². The van der Waals surface area contributed by atoms with Gasteiger partial charge in [0, 0.05) is 11.7 Å². The first-order valence-electron chi connectivity index (χ1n) is 16.0. The van der Waals surface area contributed by atoms with Crippen LogP contribution >= 0.6 is 11.8 Å². The molecule has 45 heavy (non-hydrogen) atoms. The second-order valence-electron chi connectivity index (χ2n) is 12.8. The zero-order valence-corrected chi connectivity index (χ0v) is 27.6. The smallest absolute Gasteiger partial charge is 0.407 e. The van der Waals surface area contributed by atoms with Crippen LogP contribution in [0.15, 0.2) is 91.0 Å². The molecular formula is C38H47NO5S. The largest absolute Gasteiger partial charge is 0.449 e. The Morgan fingerprint density at radius 2 is 1.42 bits per heavy atom. The highest BCUT2D eigenvalue weighted by atomic mass is 32.2. The van der Waals surface area contributed by atoms with Gasteiger partial charge in [-0.2, -0.15) is 0 Å². The predicted octanol–water partition coefficient (Wildman–Crippen LogP) is 7.73. The molecule has 6 nitrogen and oxygen atoms in total. The van der Waals surface area contributed by atoms with Crippen LogP contribution < -0.4 is 5.32 Å². The minimum atomic E-state index is -0.964. The van der Waals surface area contributed by atoms with E-state index in [0.717, 1.165) is 27.8 Å². The monoisotopic (exact) mass is 629 g/mol. The third kappa shape index (κ3) is 9.80. The summed E-state index contributed by atoms with van der Waals surface area (Å²) in [6, 6.07) is 25.7. The lowest BCUT2D eigenvalue weighted by atomic mass is 9.92. The fraction of sp³-hybridized carbons (Fsp3) is 0.421. The molecule has 3 N–H and O–H groups in total. The molecular weight excluding hydrogens is 582 g/mol. The van der Waals surface area contributed by atoms with Crippen LogP contribution in [0.25, 0.3) is 11.1 Å². The number of carbonyl (C=O) groups is 2. The zero-order valence-electron chi connectivity index (χ0n) is 26.8. The summed E-state index contributed by atoms with van der Waals surface area (Å²) in [6.45, 7) is 8.34. The van der Waals surface area contributed by atoms with Crippen molar-refractivity contribution >= 4 is 23.0 Å². The van der Waals surface area contributed by atoms with Crippen molar-refractivity contribution in [3.63, 3.8) is 0 Å². The fourth-order valence-corrected chi connectivity index (χ4v) is 6.94. The Bertz CT molecular complexity index is 1380.